The van der Waals surface area contributed by atoms with Gasteiger partial charge in [-0.2, -0.15) is 4.98 Å². The van der Waals surface area contributed by atoms with E-state index in [0.717, 1.165) is 11.3 Å². The number of ether oxygens (including phenoxy) is 1. The molecule has 0 bridgehead atoms. The van der Waals surface area contributed by atoms with E-state index in [-0.39, 0.29) is 11.8 Å². The second kappa shape index (κ2) is 7.57. The number of hydrogen-bond donors (Lipinski definition) is 0. The molecule has 27 heavy (non-hydrogen) atoms. The number of aryl methyl sites for hydroxylation is 1. The molecular formula is C20H20N4O3. The molecule has 2 aromatic heterocycles. The van der Waals surface area contributed by atoms with E-state index in [0.29, 0.717) is 43.5 Å². The van der Waals surface area contributed by atoms with Crippen molar-refractivity contribution in [1.29, 1.82) is 0 Å². The molecule has 3 heterocycles. The number of aromatic nitrogens is 3. The fraction of sp³-hybridized carbons (Fsp3) is 0.300. The Morgan fingerprint density at radius 1 is 1.26 bits per heavy atom. The van der Waals surface area contributed by atoms with E-state index in [4.69, 9.17) is 9.26 Å². The molecule has 3 aromatic rings. The zero-order valence-corrected chi connectivity index (χ0v) is 15.0. The van der Waals surface area contributed by atoms with Crippen LogP contribution < -0.4 is 4.74 Å². The number of nitrogens with zero attached hydrogens (tertiary/aromatic N) is 4. The SMILES string of the molecule is Cc1cccc(OCCc2noc(C3CN(C(=O)c4ccccn4)C3)n2)c1. The van der Waals surface area contributed by atoms with Crippen molar-refractivity contribution in [3.8, 4) is 5.75 Å². The van der Waals surface area contributed by atoms with Crippen molar-refractivity contribution in [3.63, 3.8) is 0 Å². The monoisotopic (exact) mass is 364 g/mol. The second-order valence-corrected chi connectivity index (χ2v) is 6.59. The summed E-state index contributed by atoms with van der Waals surface area (Å²) in [5.41, 5.74) is 1.61. The first-order valence-electron chi connectivity index (χ1n) is 8.91. The number of rotatable bonds is 6. The van der Waals surface area contributed by atoms with Crippen molar-refractivity contribution >= 4 is 5.91 Å². The molecule has 0 radical (unpaired) electrons. The summed E-state index contributed by atoms with van der Waals surface area (Å²) in [6.45, 7) is 3.64. The van der Waals surface area contributed by atoms with Crippen LogP contribution in [0.1, 0.15) is 33.7 Å². The highest BCUT2D eigenvalue weighted by Crippen LogP contribution is 2.27. The third-order valence-corrected chi connectivity index (χ3v) is 4.47. The summed E-state index contributed by atoms with van der Waals surface area (Å²) < 4.78 is 11.1. The minimum Gasteiger partial charge on any atom is -0.493 e. The first-order chi connectivity index (χ1) is 13.2. The number of benzene rings is 1. The molecular weight excluding hydrogens is 344 g/mol. The summed E-state index contributed by atoms with van der Waals surface area (Å²) in [6, 6.07) is 13.2. The molecule has 1 saturated heterocycles. The minimum atomic E-state index is -0.0712. The molecule has 7 heteroatoms. The van der Waals surface area contributed by atoms with Crippen molar-refractivity contribution < 1.29 is 14.1 Å². The molecule has 1 amide bonds. The third kappa shape index (κ3) is 3.97. The van der Waals surface area contributed by atoms with Crippen molar-refractivity contribution in [1.82, 2.24) is 20.0 Å². The van der Waals surface area contributed by atoms with Crippen molar-refractivity contribution in [2.24, 2.45) is 0 Å². The van der Waals surface area contributed by atoms with Crippen LogP contribution in [-0.2, 0) is 6.42 Å². The van der Waals surface area contributed by atoms with Crippen LogP contribution in [0.5, 0.6) is 5.75 Å². The lowest BCUT2D eigenvalue weighted by atomic mass is 9.99. The van der Waals surface area contributed by atoms with Crippen LogP contribution in [0.4, 0.5) is 0 Å². The lowest BCUT2D eigenvalue weighted by Crippen LogP contribution is -2.48. The maximum Gasteiger partial charge on any atom is 0.272 e. The summed E-state index contributed by atoms with van der Waals surface area (Å²) in [5, 5.41) is 4.01. The lowest BCUT2D eigenvalue weighted by molar-refractivity contribution is 0.0563. The standard InChI is InChI=1S/C20H20N4O3/c1-14-5-4-6-16(11-14)26-10-8-18-22-19(27-23-18)15-12-24(13-15)20(25)17-7-2-3-9-21-17/h2-7,9,11,15H,8,10,12-13H2,1H3. The van der Waals surface area contributed by atoms with E-state index in [2.05, 4.69) is 15.1 Å². The zero-order valence-electron chi connectivity index (χ0n) is 15.0. The minimum absolute atomic E-state index is 0.0712. The number of hydrogen-bond acceptors (Lipinski definition) is 6. The average molecular weight is 364 g/mol. The molecule has 0 aliphatic carbocycles. The second-order valence-electron chi connectivity index (χ2n) is 6.59. The molecule has 0 unspecified atom stereocenters. The van der Waals surface area contributed by atoms with Gasteiger partial charge in [-0.05, 0) is 36.8 Å². The van der Waals surface area contributed by atoms with Crippen LogP contribution in [0.25, 0.3) is 0 Å². The smallest absolute Gasteiger partial charge is 0.272 e. The van der Waals surface area contributed by atoms with Crippen LogP contribution in [0, 0.1) is 6.92 Å². The molecule has 1 aromatic carbocycles. The average Bonchev–Trinajstić information content (AvgIpc) is 3.09. The van der Waals surface area contributed by atoms with Gasteiger partial charge in [0, 0.05) is 25.7 Å². The van der Waals surface area contributed by atoms with Crippen LogP contribution in [0.3, 0.4) is 0 Å². The Hall–Kier alpha value is -3.22. The van der Waals surface area contributed by atoms with E-state index < -0.39 is 0 Å². The van der Waals surface area contributed by atoms with E-state index in [1.54, 1.807) is 29.3 Å². The van der Waals surface area contributed by atoms with Crippen molar-refractivity contribution in [2.75, 3.05) is 19.7 Å². The van der Waals surface area contributed by atoms with Gasteiger partial charge in [-0.25, -0.2) is 0 Å². The molecule has 0 spiro atoms. The molecule has 0 saturated carbocycles. The van der Waals surface area contributed by atoms with Gasteiger partial charge in [-0.3, -0.25) is 9.78 Å². The molecule has 7 nitrogen and oxygen atoms in total. The summed E-state index contributed by atoms with van der Waals surface area (Å²) in [6.07, 6.45) is 2.19. The Labute approximate surface area is 157 Å². The van der Waals surface area contributed by atoms with Gasteiger partial charge in [0.25, 0.3) is 5.91 Å². The van der Waals surface area contributed by atoms with Gasteiger partial charge >= 0.3 is 0 Å². The van der Waals surface area contributed by atoms with Gasteiger partial charge in [0.15, 0.2) is 5.82 Å². The maximum absolute atomic E-state index is 12.3. The van der Waals surface area contributed by atoms with Crippen LogP contribution in [-0.4, -0.2) is 45.6 Å². The number of carbonyl (C=O) groups excluding carboxylic acids is 1. The number of carbonyl (C=O) groups is 1. The molecule has 1 fully saturated rings. The van der Waals surface area contributed by atoms with Crippen LogP contribution >= 0.6 is 0 Å². The van der Waals surface area contributed by atoms with E-state index in [1.165, 1.54) is 0 Å². The number of amides is 1. The van der Waals surface area contributed by atoms with Gasteiger partial charge in [-0.1, -0.05) is 23.4 Å². The normalized spacial score (nSPS) is 14.0. The highest BCUT2D eigenvalue weighted by atomic mass is 16.5. The Kier molecular flexibility index (Phi) is 4.82. The van der Waals surface area contributed by atoms with Gasteiger partial charge in [-0.15, -0.1) is 0 Å². The zero-order chi connectivity index (χ0) is 18.6. The Morgan fingerprint density at radius 3 is 2.93 bits per heavy atom. The third-order valence-electron chi connectivity index (χ3n) is 4.47. The Balaban J connectivity index is 1.26. The van der Waals surface area contributed by atoms with Gasteiger partial charge < -0.3 is 14.2 Å². The lowest BCUT2D eigenvalue weighted by Gasteiger charge is -2.36. The molecule has 138 valence electrons. The highest BCUT2D eigenvalue weighted by Gasteiger charge is 2.36. The Bertz CT molecular complexity index is 920. The maximum atomic E-state index is 12.3. The van der Waals surface area contributed by atoms with E-state index >= 15 is 0 Å². The topological polar surface area (TPSA) is 81.4 Å². The summed E-state index contributed by atoms with van der Waals surface area (Å²) in [4.78, 5) is 22.6. The number of pyridine rings is 1. The Morgan fingerprint density at radius 2 is 2.15 bits per heavy atom. The fourth-order valence-electron chi connectivity index (χ4n) is 2.95. The predicted octanol–water partition coefficient (Wildman–Crippen LogP) is 2.63. The first kappa shape index (κ1) is 17.2. The summed E-state index contributed by atoms with van der Waals surface area (Å²) in [7, 11) is 0. The summed E-state index contributed by atoms with van der Waals surface area (Å²) in [5.74, 6) is 2.04. The fourth-order valence-corrected chi connectivity index (χ4v) is 2.95. The van der Waals surface area contributed by atoms with Crippen molar-refractivity contribution in [3.05, 3.63) is 71.6 Å². The first-order valence-corrected chi connectivity index (χ1v) is 8.91. The number of likely N-dealkylation sites (tertiary alicyclic amines) is 1. The predicted molar refractivity (Wildman–Crippen MR) is 97.6 cm³/mol. The quantitative estimate of drug-likeness (QED) is 0.669. The molecule has 1 aliphatic rings. The van der Waals surface area contributed by atoms with Gasteiger partial charge in [0.2, 0.25) is 5.89 Å². The largest absolute Gasteiger partial charge is 0.493 e. The van der Waals surface area contributed by atoms with Gasteiger partial charge in [0.05, 0.1) is 12.5 Å². The van der Waals surface area contributed by atoms with E-state index in [9.17, 15) is 4.79 Å². The van der Waals surface area contributed by atoms with Crippen molar-refractivity contribution in [2.45, 2.75) is 19.3 Å². The molecule has 4 rings (SSSR count). The summed E-state index contributed by atoms with van der Waals surface area (Å²) >= 11 is 0. The highest BCUT2D eigenvalue weighted by molar-refractivity contribution is 5.92. The van der Waals surface area contributed by atoms with Gasteiger partial charge in [0.1, 0.15) is 11.4 Å². The molecule has 1 aliphatic heterocycles. The molecule has 0 atom stereocenters. The molecule has 0 N–H and O–H groups in total. The van der Waals surface area contributed by atoms with Crippen LogP contribution in [0.2, 0.25) is 0 Å². The van der Waals surface area contributed by atoms with E-state index in [1.807, 2.05) is 31.2 Å². The van der Waals surface area contributed by atoms with Crippen LogP contribution in [0.15, 0.2) is 53.2 Å².